The van der Waals surface area contributed by atoms with E-state index in [4.69, 9.17) is 0 Å². The van der Waals surface area contributed by atoms with Crippen LogP contribution in [0.2, 0.25) is 0 Å². The van der Waals surface area contributed by atoms with Gasteiger partial charge in [0, 0.05) is 14.1 Å². The molecule has 7 heteroatoms. The summed E-state index contributed by atoms with van der Waals surface area (Å²) in [5.41, 5.74) is 2.60. The van der Waals surface area contributed by atoms with E-state index in [0.29, 0.717) is 28.7 Å². The molecule has 0 spiro atoms. The summed E-state index contributed by atoms with van der Waals surface area (Å²) in [4.78, 5) is 21.9. The van der Waals surface area contributed by atoms with E-state index in [1.165, 1.54) is 12.3 Å². The van der Waals surface area contributed by atoms with Crippen LogP contribution in [0.1, 0.15) is 5.56 Å². The predicted octanol–water partition coefficient (Wildman–Crippen LogP) is 1.93. The molecule has 0 unspecified atom stereocenters. The van der Waals surface area contributed by atoms with Gasteiger partial charge in [-0.05, 0) is 18.6 Å². The molecule has 0 atom stereocenters. The first-order chi connectivity index (χ1) is 9.54. The highest BCUT2D eigenvalue weighted by Gasteiger charge is 2.12. The number of pyridine rings is 1. The lowest BCUT2D eigenvalue weighted by Crippen LogP contribution is -2.12. The first-order valence-corrected chi connectivity index (χ1v) is 6.07. The molecule has 3 aromatic rings. The number of halogens is 1. The maximum Gasteiger partial charge on any atom is 0.226 e. The first kappa shape index (κ1) is 12.5. The summed E-state index contributed by atoms with van der Waals surface area (Å²) < 4.78 is 13.1. The van der Waals surface area contributed by atoms with Gasteiger partial charge in [0.15, 0.2) is 11.5 Å². The quantitative estimate of drug-likeness (QED) is 0.771. The van der Waals surface area contributed by atoms with Crippen LogP contribution in [0.15, 0.2) is 18.5 Å². The number of anilines is 1. The Kier molecular flexibility index (Phi) is 2.81. The van der Waals surface area contributed by atoms with Gasteiger partial charge >= 0.3 is 0 Å². The monoisotopic (exact) mass is 272 g/mol. The number of aryl methyl sites for hydroxylation is 1. The average molecular weight is 272 g/mol. The minimum absolute atomic E-state index is 0.364. The lowest BCUT2D eigenvalue weighted by atomic mass is 10.2. The minimum atomic E-state index is -0.364. The van der Waals surface area contributed by atoms with Gasteiger partial charge in [0.25, 0.3) is 0 Å². The molecule has 20 heavy (non-hydrogen) atoms. The van der Waals surface area contributed by atoms with E-state index >= 15 is 0 Å². The Bertz CT molecular complexity index is 780. The zero-order valence-electron chi connectivity index (χ0n) is 11.3. The highest BCUT2D eigenvalue weighted by atomic mass is 19.1. The van der Waals surface area contributed by atoms with E-state index in [1.54, 1.807) is 18.0 Å². The fraction of sp³-hybridized carbons (Fsp3) is 0.231. The topological polar surface area (TPSA) is 70.6 Å². The number of hydrogen-bond donors (Lipinski definition) is 1. The molecule has 3 heterocycles. The number of imidazole rings is 1. The fourth-order valence-electron chi connectivity index (χ4n) is 1.91. The molecule has 3 aromatic heterocycles. The summed E-state index contributed by atoms with van der Waals surface area (Å²) >= 11 is 0. The van der Waals surface area contributed by atoms with E-state index in [9.17, 15) is 4.39 Å². The van der Waals surface area contributed by atoms with Crippen LogP contribution in [0.4, 0.5) is 10.3 Å². The number of aromatic amines is 1. The molecule has 0 saturated heterocycles. The average Bonchev–Trinajstić information content (AvgIpc) is 2.80. The predicted molar refractivity (Wildman–Crippen MR) is 73.9 cm³/mol. The van der Waals surface area contributed by atoms with Crippen molar-refractivity contribution in [1.82, 2.24) is 24.9 Å². The molecule has 6 nitrogen and oxygen atoms in total. The molecule has 0 aliphatic carbocycles. The number of hydrogen-bond acceptors (Lipinski definition) is 5. The summed E-state index contributed by atoms with van der Waals surface area (Å²) in [6, 6.07) is 1.42. The third-order valence-corrected chi connectivity index (χ3v) is 2.90. The van der Waals surface area contributed by atoms with Crippen molar-refractivity contribution in [3.63, 3.8) is 0 Å². The molecular weight excluding hydrogens is 259 g/mol. The summed E-state index contributed by atoms with van der Waals surface area (Å²) in [5.74, 6) is 0.777. The molecule has 0 radical (unpaired) electrons. The number of nitrogens with zero attached hydrogens (tertiary/aromatic N) is 5. The van der Waals surface area contributed by atoms with E-state index < -0.39 is 0 Å². The largest absolute Gasteiger partial charge is 0.347 e. The molecule has 0 fully saturated rings. The maximum absolute atomic E-state index is 13.1. The Morgan fingerprint density at radius 2 is 1.95 bits per heavy atom. The van der Waals surface area contributed by atoms with Crippen molar-refractivity contribution in [3.05, 3.63) is 29.8 Å². The summed E-state index contributed by atoms with van der Waals surface area (Å²) in [6.07, 6.45) is 2.85. The van der Waals surface area contributed by atoms with Crippen molar-refractivity contribution in [3.8, 4) is 11.5 Å². The van der Waals surface area contributed by atoms with Crippen LogP contribution in [0.3, 0.4) is 0 Å². The van der Waals surface area contributed by atoms with Gasteiger partial charge in [-0.15, -0.1) is 0 Å². The van der Waals surface area contributed by atoms with Crippen molar-refractivity contribution in [2.45, 2.75) is 6.92 Å². The molecule has 0 amide bonds. The molecule has 0 aliphatic rings. The summed E-state index contributed by atoms with van der Waals surface area (Å²) in [5, 5.41) is 0. The molecular formula is C13H13FN6. The molecule has 0 saturated carbocycles. The summed E-state index contributed by atoms with van der Waals surface area (Å²) in [7, 11) is 3.72. The van der Waals surface area contributed by atoms with Gasteiger partial charge < -0.3 is 9.88 Å². The molecule has 1 N–H and O–H groups in total. The number of rotatable bonds is 2. The smallest absolute Gasteiger partial charge is 0.226 e. The lowest BCUT2D eigenvalue weighted by Gasteiger charge is -2.07. The van der Waals surface area contributed by atoms with Crippen LogP contribution in [-0.2, 0) is 0 Å². The first-order valence-electron chi connectivity index (χ1n) is 6.07. The van der Waals surface area contributed by atoms with Crippen molar-refractivity contribution in [2.24, 2.45) is 0 Å². The lowest BCUT2D eigenvalue weighted by molar-refractivity contribution is 0.620. The fourth-order valence-corrected chi connectivity index (χ4v) is 1.91. The summed E-state index contributed by atoms with van der Waals surface area (Å²) in [6.45, 7) is 1.79. The van der Waals surface area contributed by atoms with Crippen LogP contribution >= 0.6 is 0 Å². The number of nitrogens with one attached hydrogen (secondary N) is 1. The second kappa shape index (κ2) is 4.52. The van der Waals surface area contributed by atoms with Gasteiger partial charge in [-0.3, -0.25) is 0 Å². The van der Waals surface area contributed by atoms with Crippen LogP contribution < -0.4 is 4.90 Å². The molecule has 3 rings (SSSR count). The van der Waals surface area contributed by atoms with Gasteiger partial charge in [0.05, 0.1) is 12.4 Å². The van der Waals surface area contributed by atoms with Crippen LogP contribution in [0.5, 0.6) is 0 Å². The van der Waals surface area contributed by atoms with E-state index in [-0.39, 0.29) is 5.82 Å². The highest BCUT2D eigenvalue weighted by molar-refractivity contribution is 5.75. The van der Waals surface area contributed by atoms with Crippen molar-refractivity contribution in [2.75, 3.05) is 19.0 Å². The normalized spacial score (nSPS) is 11.0. The zero-order chi connectivity index (χ0) is 14.3. The number of aromatic nitrogens is 5. The van der Waals surface area contributed by atoms with Crippen molar-refractivity contribution >= 4 is 17.1 Å². The zero-order valence-corrected chi connectivity index (χ0v) is 11.3. The Labute approximate surface area is 114 Å². The van der Waals surface area contributed by atoms with Crippen LogP contribution in [0.25, 0.3) is 22.7 Å². The number of H-pyrrole nitrogens is 1. The second-order valence-corrected chi connectivity index (χ2v) is 4.71. The Balaban J connectivity index is 2.13. The molecule has 0 aromatic carbocycles. The molecule has 0 bridgehead atoms. The van der Waals surface area contributed by atoms with Crippen molar-refractivity contribution in [1.29, 1.82) is 0 Å². The minimum Gasteiger partial charge on any atom is -0.347 e. The van der Waals surface area contributed by atoms with E-state index in [0.717, 1.165) is 5.52 Å². The van der Waals surface area contributed by atoms with Crippen molar-refractivity contribution < 1.29 is 4.39 Å². The molecule has 102 valence electrons. The van der Waals surface area contributed by atoms with E-state index in [1.807, 2.05) is 14.1 Å². The van der Waals surface area contributed by atoms with Gasteiger partial charge in [-0.25, -0.2) is 19.3 Å². The van der Waals surface area contributed by atoms with Gasteiger partial charge in [0.2, 0.25) is 5.95 Å². The van der Waals surface area contributed by atoms with Crippen LogP contribution in [-0.4, -0.2) is 39.0 Å². The Morgan fingerprint density at radius 1 is 1.15 bits per heavy atom. The highest BCUT2D eigenvalue weighted by Crippen LogP contribution is 2.21. The third-order valence-electron chi connectivity index (χ3n) is 2.90. The standard InChI is InChI=1S/C13H13FN6/c1-7-4-8(14)5-15-10(7)12-17-9-6-16-13(20(2)3)19-11(9)18-12/h4-6H,1-3H3,(H,16,17,18,19). The Hall–Kier alpha value is -2.57. The van der Waals surface area contributed by atoms with E-state index in [2.05, 4.69) is 24.9 Å². The second-order valence-electron chi connectivity index (χ2n) is 4.71. The Morgan fingerprint density at radius 3 is 2.65 bits per heavy atom. The van der Waals surface area contributed by atoms with Gasteiger partial charge in [-0.1, -0.05) is 0 Å². The maximum atomic E-state index is 13.1. The SMILES string of the molecule is Cc1cc(F)cnc1-c1nc2nc(N(C)C)ncc2[nH]1. The molecule has 0 aliphatic heterocycles. The third kappa shape index (κ3) is 2.07. The number of fused-ring (bicyclic) bond motifs is 1. The van der Waals surface area contributed by atoms with Crippen LogP contribution in [0, 0.1) is 12.7 Å². The van der Waals surface area contributed by atoms with Gasteiger partial charge in [0.1, 0.15) is 17.0 Å². The van der Waals surface area contributed by atoms with Gasteiger partial charge in [-0.2, -0.15) is 4.98 Å².